The van der Waals surface area contributed by atoms with Gasteiger partial charge in [-0.05, 0) is 30.5 Å². The minimum absolute atomic E-state index is 0.000239. The predicted molar refractivity (Wildman–Crippen MR) is 121 cm³/mol. The van der Waals surface area contributed by atoms with Gasteiger partial charge in [0.15, 0.2) is 0 Å². The third kappa shape index (κ3) is 5.86. The smallest absolute Gasteiger partial charge is 0.253 e. The molecule has 0 saturated carbocycles. The first kappa shape index (κ1) is 24.6. The SMILES string of the molecule is CCCNC(=O)CN1CCN(C(=O)c2ccc(CC)c(S(=O)(=O)N3CCOCC3)c2)CC1. The molecule has 10 heteroatoms. The highest BCUT2D eigenvalue weighted by molar-refractivity contribution is 7.89. The number of aryl methyl sites for hydroxylation is 1. The first-order valence-electron chi connectivity index (χ1n) is 11.4. The van der Waals surface area contributed by atoms with E-state index in [-0.39, 0.29) is 16.7 Å². The summed E-state index contributed by atoms with van der Waals surface area (Å²) in [7, 11) is -3.69. The van der Waals surface area contributed by atoms with E-state index in [1.807, 2.05) is 18.7 Å². The maximum Gasteiger partial charge on any atom is 0.253 e. The number of benzene rings is 1. The van der Waals surface area contributed by atoms with Crippen LogP contribution in [0.3, 0.4) is 0 Å². The molecule has 3 rings (SSSR count). The Bertz CT molecular complexity index is 907. The molecule has 0 aliphatic carbocycles. The van der Waals surface area contributed by atoms with Gasteiger partial charge in [0.2, 0.25) is 15.9 Å². The van der Waals surface area contributed by atoms with Gasteiger partial charge in [-0.15, -0.1) is 0 Å². The lowest BCUT2D eigenvalue weighted by atomic mass is 10.1. The summed E-state index contributed by atoms with van der Waals surface area (Å²) >= 11 is 0. The molecule has 0 aromatic heterocycles. The highest BCUT2D eigenvalue weighted by atomic mass is 32.2. The largest absolute Gasteiger partial charge is 0.379 e. The van der Waals surface area contributed by atoms with E-state index in [2.05, 4.69) is 5.32 Å². The fourth-order valence-electron chi connectivity index (χ4n) is 3.96. The highest BCUT2D eigenvalue weighted by Gasteiger charge is 2.30. The van der Waals surface area contributed by atoms with Crippen molar-refractivity contribution in [1.29, 1.82) is 0 Å². The quantitative estimate of drug-likeness (QED) is 0.601. The number of carbonyl (C=O) groups excluding carboxylic acids is 2. The average molecular weight is 467 g/mol. The van der Waals surface area contributed by atoms with Crippen molar-refractivity contribution in [2.75, 3.05) is 65.6 Å². The summed E-state index contributed by atoms with van der Waals surface area (Å²) in [6, 6.07) is 4.98. The fraction of sp³-hybridized carbons (Fsp3) is 0.636. The Kier molecular flexibility index (Phi) is 8.64. The summed E-state index contributed by atoms with van der Waals surface area (Å²) < 4.78 is 33.2. The van der Waals surface area contributed by atoms with E-state index < -0.39 is 10.0 Å². The van der Waals surface area contributed by atoms with E-state index in [0.717, 1.165) is 6.42 Å². The van der Waals surface area contributed by atoms with Crippen LogP contribution in [0.25, 0.3) is 0 Å². The summed E-state index contributed by atoms with van der Waals surface area (Å²) in [5.41, 5.74) is 1.08. The molecule has 2 aliphatic heterocycles. The van der Waals surface area contributed by atoms with Crippen molar-refractivity contribution >= 4 is 21.8 Å². The Balaban J connectivity index is 1.69. The van der Waals surface area contributed by atoms with Gasteiger partial charge >= 0.3 is 0 Å². The van der Waals surface area contributed by atoms with Gasteiger partial charge in [0.1, 0.15) is 0 Å². The highest BCUT2D eigenvalue weighted by Crippen LogP contribution is 2.24. The minimum Gasteiger partial charge on any atom is -0.379 e. The Morgan fingerprint density at radius 2 is 1.72 bits per heavy atom. The summed E-state index contributed by atoms with van der Waals surface area (Å²) in [5.74, 6) is -0.180. The Hall–Kier alpha value is -2.01. The summed E-state index contributed by atoms with van der Waals surface area (Å²) in [6.07, 6.45) is 1.46. The summed E-state index contributed by atoms with van der Waals surface area (Å²) in [6.45, 7) is 8.52. The standard InChI is InChI=1S/C22H34N4O5S/c1-3-7-23-21(27)17-24-8-10-25(11-9-24)22(28)19-6-5-18(4-2)20(16-19)32(29,30)26-12-14-31-15-13-26/h5-6,16H,3-4,7-15,17H2,1-2H3,(H,23,27). The van der Waals surface area contributed by atoms with E-state index in [9.17, 15) is 18.0 Å². The third-order valence-corrected chi connectivity index (χ3v) is 7.86. The van der Waals surface area contributed by atoms with Crippen LogP contribution < -0.4 is 5.32 Å². The Labute approximate surface area is 190 Å². The topological polar surface area (TPSA) is 99.3 Å². The number of hydrogen-bond donors (Lipinski definition) is 1. The number of ether oxygens (including phenoxy) is 1. The molecular weight excluding hydrogens is 432 g/mol. The van der Waals surface area contributed by atoms with Gasteiger partial charge in [0, 0.05) is 51.4 Å². The first-order chi connectivity index (χ1) is 15.4. The Morgan fingerprint density at radius 3 is 2.34 bits per heavy atom. The van der Waals surface area contributed by atoms with Gasteiger partial charge in [-0.3, -0.25) is 14.5 Å². The molecule has 0 bridgehead atoms. The molecule has 1 aromatic carbocycles. The predicted octanol–water partition coefficient (Wildman–Crippen LogP) is 0.554. The van der Waals surface area contributed by atoms with Gasteiger partial charge in [-0.2, -0.15) is 4.31 Å². The van der Waals surface area contributed by atoms with Crippen LogP contribution in [0.4, 0.5) is 0 Å². The van der Waals surface area contributed by atoms with Crippen molar-refractivity contribution in [2.24, 2.45) is 0 Å². The second-order valence-corrected chi connectivity index (χ2v) is 10.0. The van der Waals surface area contributed by atoms with Crippen LogP contribution >= 0.6 is 0 Å². The molecule has 9 nitrogen and oxygen atoms in total. The van der Waals surface area contributed by atoms with Gasteiger partial charge in [0.25, 0.3) is 5.91 Å². The van der Waals surface area contributed by atoms with Crippen LogP contribution in [0.1, 0.15) is 36.2 Å². The second kappa shape index (κ2) is 11.2. The van der Waals surface area contributed by atoms with Crippen LogP contribution in [0.2, 0.25) is 0 Å². The van der Waals surface area contributed by atoms with Crippen molar-refractivity contribution in [3.05, 3.63) is 29.3 Å². The number of rotatable bonds is 8. The second-order valence-electron chi connectivity index (χ2n) is 8.11. The summed E-state index contributed by atoms with van der Waals surface area (Å²) in [4.78, 5) is 29.0. The van der Waals surface area contributed by atoms with Gasteiger partial charge in [-0.25, -0.2) is 8.42 Å². The first-order valence-corrected chi connectivity index (χ1v) is 12.8. The van der Waals surface area contributed by atoms with Crippen LogP contribution in [0, 0.1) is 0 Å². The minimum atomic E-state index is -3.69. The van der Waals surface area contributed by atoms with Crippen molar-refractivity contribution in [3.63, 3.8) is 0 Å². The zero-order chi connectivity index (χ0) is 23.1. The van der Waals surface area contributed by atoms with E-state index in [0.29, 0.717) is 83.1 Å². The van der Waals surface area contributed by atoms with Crippen LogP contribution in [0.15, 0.2) is 23.1 Å². The van der Waals surface area contributed by atoms with Crippen molar-refractivity contribution < 1.29 is 22.7 Å². The number of carbonyl (C=O) groups is 2. The maximum atomic E-state index is 13.2. The molecule has 0 unspecified atom stereocenters. The molecule has 32 heavy (non-hydrogen) atoms. The van der Waals surface area contributed by atoms with Crippen LogP contribution in [0.5, 0.6) is 0 Å². The van der Waals surface area contributed by atoms with E-state index in [4.69, 9.17) is 4.74 Å². The normalized spacial score (nSPS) is 18.5. The average Bonchev–Trinajstić information content (AvgIpc) is 2.83. The lowest BCUT2D eigenvalue weighted by Gasteiger charge is -2.34. The zero-order valence-electron chi connectivity index (χ0n) is 19.0. The monoisotopic (exact) mass is 466 g/mol. The van der Waals surface area contributed by atoms with Crippen molar-refractivity contribution in [2.45, 2.75) is 31.6 Å². The van der Waals surface area contributed by atoms with Crippen LogP contribution in [-0.4, -0.2) is 99.9 Å². The lowest BCUT2D eigenvalue weighted by Crippen LogP contribution is -2.51. The molecule has 0 radical (unpaired) electrons. The molecule has 0 spiro atoms. The number of hydrogen-bond acceptors (Lipinski definition) is 6. The maximum absolute atomic E-state index is 13.2. The summed E-state index contributed by atoms with van der Waals surface area (Å²) in [5, 5.41) is 2.87. The fourth-order valence-corrected chi connectivity index (χ4v) is 5.69. The Morgan fingerprint density at radius 1 is 1.03 bits per heavy atom. The zero-order valence-corrected chi connectivity index (χ0v) is 19.8. The van der Waals surface area contributed by atoms with Gasteiger partial charge in [-0.1, -0.05) is 19.9 Å². The lowest BCUT2D eigenvalue weighted by molar-refractivity contribution is -0.122. The van der Waals surface area contributed by atoms with Gasteiger partial charge < -0.3 is 15.0 Å². The third-order valence-electron chi connectivity index (χ3n) is 5.88. The number of sulfonamides is 1. The molecule has 2 amide bonds. The number of morpholine rings is 1. The van der Waals surface area contributed by atoms with Gasteiger partial charge in [0.05, 0.1) is 24.7 Å². The van der Waals surface area contributed by atoms with E-state index in [1.54, 1.807) is 17.0 Å². The molecule has 2 fully saturated rings. The molecule has 178 valence electrons. The molecule has 2 saturated heterocycles. The van der Waals surface area contributed by atoms with Crippen molar-refractivity contribution in [3.8, 4) is 0 Å². The molecular formula is C22H34N4O5S. The number of nitrogens with zero attached hydrogens (tertiary/aromatic N) is 3. The van der Waals surface area contributed by atoms with E-state index >= 15 is 0 Å². The number of amides is 2. The molecule has 0 atom stereocenters. The molecule has 1 aromatic rings. The molecule has 1 N–H and O–H groups in total. The molecule has 2 heterocycles. The van der Waals surface area contributed by atoms with E-state index in [1.165, 1.54) is 10.4 Å². The van der Waals surface area contributed by atoms with Crippen molar-refractivity contribution in [1.82, 2.24) is 19.4 Å². The number of piperazine rings is 1. The number of nitrogens with one attached hydrogen (secondary N) is 1. The molecule has 2 aliphatic rings. The van der Waals surface area contributed by atoms with Crippen LogP contribution in [-0.2, 0) is 26.0 Å².